The molecule has 1 aromatic rings. The summed E-state index contributed by atoms with van der Waals surface area (Å²) in [5.41, 5.74) is 0.00273. The zero-order valence-corrected chi connectivity index (χ0v) is 11.7. The fourth-order valence-corrected chi connectivity index (χ4v) is 2.41. The van der Waals surface area contributed by atoms with Gasteiger partial charge in [-0.15, -0.1) is 0 Å². The topological polar surface area (TPSA) is 77.7 Å². The molecule has 1 fully saturated rings. The van der Waals surface area contributed by atoms with Gasteiger partial charge in [0.1, 0.15) is 0 Å². The first-order valence-corrected chi connectivity index (χ1v) is 6.71. The van der Waals surface area contributed by atoms with Crippen molar-refractivity contribution in [3.63, 3.8) is 0 Å². The van der Waals surface area contributed by atoms with Crippen LogP contribution in [0.4, 0.5) is 11.5 Å². The van der Waals surface area contributed by atoms with Crippen molar-refractivity contribution >= 4 is 11.5 Å². The Balaban J connectivity index is 2.27. The van der Waals surface area contributed by atoms with Crippen LogP contribution in [0.3, 0.4) is 0 Å². The van der Waals surface area contributed by atoms with Gasteiger partial charge in [-0.1, -0.05) is 0 Å². The molecule has 0 unspecified atom stereocenters. The maximum atomic E-state index is 11.1. The first-order chi connectivity index (χ1) is 9.65. The predicted octanol–water partition coefficient (Wildman–Crippen LogP) is 2.00. The quantitative estimate of drug-likeness (QED) is 0.607. The summed E-state index contributed by atoms with van der Waals surface area (Å²) in [7, 11) is 1.50. The van der Waals surface area contributed by atoms with E-state index >= 15 is 0 Å². The molecule has 0 radical (unpaired) electrons. The highest BCUT2D eigenvalue weighted by molar-refractivity contribution is 5.59. The monoisotopic (exact) mass is 281 g/mol. The standard InChI is InChI=1S/C13H19N3O4/c1-3-20-10-5-4-8-15(9-10)13-11(16(17)18)6-7-12(14-13)19-2/h6-7,10H,3-5,8-9H2,1-2H3/t10-/m0/s1. The number of rotatable bonds is 5. The highest BCUT2D eigenvalue weighted by Gasteiger charge is 2.27. The number of piperidine rings is 1. The van der Waals surface area contributed by atoms with Crippen LogP contribution in [0, 0.1) is 10.1 Å². The zero-order valence-electron chi connectivity index (χ0n) is 11.7. The van der Waals surface area contributed by atoms with E-state index in [1.54, 1.807) is 0 Å². The van der Waals surface area contributed by atoms with Gasteiger partial charge in [0.15, 0.2) is 0 Å². The van der Waals surface area contributed by atoms with E-state index in [1.807, 2.05) is 11.8 Å². The van der Waals surface area contributed by atoms with Crippen LogP contribution in [0.5, 0.6) is 5.88 Å². The number of ether oxygens (including phenoxy) is 2. The molecule has 0 spiro atoms. The van der Waals surface area contributed by atoms with Crippen LogP contribution in [-0.4, -0.2) is 42.8 Å². The fraction of sp³-hybridized carbons (Fsp3) is 0.615. The molecule has 7 heteroatoms. The van der Waals surface area contributed by atoms with E-state index in [1.165, 1.54) is 19.2 Å². The molecule has 0 bridgehead atoms. The third kappa shape index (κ3) is 3.16. The number of pyridine rings is 1. The minimum Gasteiger partial charge on any atom is -0.481 e. The molecule has 2 rings (SSSR count). The van der Waals surface area contributed by atoms with Gasteiger partial charge >= 0.3 is 5.69 Å². The van der Waals surface area contributed by atoms with Crippen LogP contribution < -0.4 is 9.64 Å². The van der Waals surface area contributed by atoms with Crippen molar-refractivity contribution in [3.05, 3.63) is 22.2 Å². The summed E-state index contributed by atoms with van der Waals surface area (Å²) in [5.74, 6) is 0.739. The molecule has 1 aliphatic heterocycles. The van der Waals surface area contributed by atoms with Crippen molar-refractivity contribution in [2.24, 2.45) is 0 Å². The molecule has 0 N–H and O–H groups in total. The van der Waals surface area contributed by atoms with E-state index in [0.717, 1.165) is 19.4 Å². The Labute approximate surface area is 117 Å². The Morgan fingerprint density at radius 3 is 3.00 bits per heavy atom. The summed E-state index contributed by atoms with van der Waals surface area (Å²) >= 11 is 0. The Hall–Kier alpha value is -1.89. The van der Waals surface area contributed by atoms with Crippen LogP contribution in [-0.2, 0) is 4.74 Å². The minimum absolute atomic E-state index is 0.00273. The molecule has 1 aromatic heterocycles. The van der Waals surface area contributed by atoms with Crippen molar-refractivity contribution < 1.29 is 14.4 Å². The van der Waals surface area contributed by atoms with Gasteiger partial charge in [0.05, 0.1) is 18.1 Å². The van der Waals surface area contributed by atoms with Gasteiger partial charge in [0.25, 0.3) is 0 Å². The van der Waals surface area contributed by atoms with Crippen molar-refractivity contribution in [1.29, 1.82) is 0 Å². The second-order valence-corrected chi connectivity index (χ2v) is 4.62. The van der Waals surface area contributed by atoms with E-state index in [4.69, 9.17) is 9.47 Å². The van der Waals surface area contributed by atoms with Crippen LogP contribution >= 0.6 is 0 Å². The van der Waals surface area contributed by atoms with Crippen molar-refractivity contribution in [2.75, 3.05) is 31.7 Å². The third-order valence-electron chi connectivity index (χ3n) is 3.31. The zero-order chi connectivity index (χ0) is 14.5. The first kappa shape index (κ1) is 14.5. The molecule has 20 heavy (non-hydrogen) atoms. The van der Waals surface area contributed by atoms with Crippen molar-refractivity contribution in [3.8, 4) is 5.88 Å². The maximum absolute atomic E-state index is 11.1. The SMILES string of the molecule is CCO[C@H]1CCCN(c2nc(OC)ccc2[N+](=O)[O-])C1. The molecular formula is C13H19N3O4. The number of hydrogen-bond acceptors (Lipinski definition) is 6. The average Bonchev–Trinajstić information content (AvgIpc) is 2.47. The first-order valence-electron chi connectivity index (χ1n) is 6.71. The van der Waals surface area contributed by atoms with Crippen LogP contribution in [0.15, 0.2) is 12.1 Å². The van der Waals surface area contributed by atoms with E-state index in [2.05, 4.69) is 4.98 Å². The van der Waals surface area contributed by atoms with Gasteiger partial charge in [-0.2, -0.15) is 4.98 Å². The smallest absolute Gasteiger partial charge is 0.311 e. The number of nitrogens with zero attached hydrogens (tertiary/aromatic N) is 3. The van der Waals surface area contributed by atoms with Crippen molar-refractivity contribution in [1.82, 2.24) is 4.98 Å². The Bertz CT molecular complexity index is 479. The van der Waals surface area contributed by atoms with E-state index in [-0.39, 0.29) is 11.8 Å². The van der Waals surface area contributed by atoms with Gasteiger partial charge in [-0.3, -0.25) is 10.1 Å². The molecule has 0 aromatic carbocycles. The average molecular weight is 281 g/mol. The lowest BCUT2D eigenvalue weighted by molar-refractivity contribution is -0.384. The summed E-state index contributed by atoms with van der Waals surface area (Å²) in [4.78, 5) is 16.9. The van der Waals surface area contributed by atoms with Crippen LogP contribution in [0.1, 0.15) is 19.8 Å². The molecule has 1 saturated heterocycles. The van der Waals surface area contributed by atoms with Gasteiger partial charge in [-0.25, -0.2) is 0 Å². The number of anilines is 1. The number of hydrogen-bond donors (Lipinski definition) is 0. The number of nitro groups is 1. The largest absolute Gasteiger partial charge is 0.481 e. The van der Waals surface area contributed by atoms with Crippen molar-refractivity contribution in [2.45, 2.75) is 25.9 Å². The Morgan fingerprint density at radius 2 is 2.35 bits per heavy atom. The van der Waals surface area contributed by atoms with Crippen LogP contribution in [0.25, 0.3) is 0 Å². The summed E-state index contributed by atoms with van der Waals surface area (Å²) in [6.07, 6.45) is 2.00. The number of aromatic nitrogens is 1. The summed E-state index contributed by atoms with van der Waals surface area (Å²) in [6.45, 7) is 3.96. The summed E-state index contributed by atoms with van der Waals surface area (Å²) < 4.78 is 10.7. The highest BCUT2D eigenvalue weighted by Crippen LogP contribution is 2.30. The lowest BCUT2D eigenvalue weighted by Gasteiger charge is -2.32. The minimum atomic E-state index is -0.411. The van der Waals surface area contributed by atoms with Gasteiger partial charge in [-0.05, 0) is 19.8 Å². The molecular weight excluding hydrogens is 262 g/mol. The summed E-state index contributed by atoms with van der Waals surface area (Å²) in [5, 5.41) is 11.1. The number of methoxy groups -OCH3 is 1. The third-order valence-corrected chi connectivity index (χ3v) is 3.31. The normalized spacial score (nSPS) is 18.9. The van der Waals surface area contributed by atoms with E-state index in [0.29, 0.717) is 24.8 Å². The second kappa shape index (κ2) is 6.51. The van der Waals surface area contributed by atoms with Gasteiger partial charge in [0, 0.05) is 31.8 Å². The van der Waals surface area contributed by atoms with Crippen LogP contribution in [0.2, 0.25) is 0 Å². The summed E-state index contributed by atoms with van der Waals surface area (Å²) in [6, 6.07) is 2.94. The van der Waals surface area contributed by atoms with Gasteiger partial charge in [0.2, 0.25) is 11.7 Å². The molecule has 110 valence electrons. The Kier molecular flexibility index (Phi) is 4.73. The molecule has 7 nitrogen and oxygen atoms in total. The second-order valence-electron chi connectivity index (χ2n) is 4.62. The molecule has 2 heterocycles. The maximum Gasteiger partial charge on any atom is 0.311 e. The Morgan fingerprint density at radius 1 is 1.55 bits per heavy atom. The lowest BCUT2D eigenvalue weighted by Crippen LogP contribution is -2.40. The van der Waals surface area contributed by atoms with E-state index in [9.17, 15) is 10.1 Å². The fourth-order valence-electron chi connectivity index (χ4n) is 2.41. The molecule has 1 aliphatic rings. The molecule has 0 saturated carbocycles. The highest BCUT2D eigenvalue weighted by atomic mass is 16.6. The lowest BCUT2D eigenvalue weighted by atomic mass is 10.1. The van der Waals surface area contributed by atoms with E-state index < -0.39 is 4.92 Å². The molecule has 0 amide bonds. The predicted molar refractivity (Wildman–Crippen MR) is 74.3 cm³/mol. The molecule has 1 atom stereocenters. The molecule has 0 aliphatic carbocycles. The van der Waals surface area contributed by atoms with Gasteiger partial charge < -0.3 is 14.4 Å².